The molecule has 0 aromatic heterocycles. The largest absolute Gasteiger partial charge is 0.478 e. The van der Waals surface area contributed by atoms with Gasteiger partial charge in [-0.05, 0) is 48.3 Å². The number of aliphatic carboxylic acids is 1. The number of aryl methyl sites for hydroxylation is 1. The molecule has 1 heterocycles. The smallest absolute Gasteiger partial charge is 0.328 e. The molecule has 0 unspecified atom stereocenters. The van der Waals surface area contributed by atoms with E-state index in [9.17, 15) is 4.79 Å². The van der Waals surface area contributed by atoms with Crippen LogP contribution < -0.4 is 4.90 Å². The second-order valence-electron chi connectivity index (χ2n) is 5.20. The first kappa shape index (κ1) is 15.3. The molecule has 2 rings (SSSR count). The first-order valence-corrected chi connectivity index (χ1v) is 7.03. The van der Waals surface area contributed by atoms with Crippen LogP contribution in [0.3, 0.4) is 0 Å². The molecule has 4 heteroatoms. The lowest BCUT2D eigenvalue weighted by Crippen LogP contribution is -2.29. The molecule has 1 aliphatic heterocycles. The third-order valence-corrected chi connectivity index (χ3v) is 3.66. The SMILES string of the molecule is COCC1=CCN(c2ccc(/C=C/C(=O)O)c(C)c2)CC1. The maximum atomic E-state index is 10.6. The van der Waals surface area contributed by atoms with Gasteiger partial charge in [0.1, 0.15) is 0 Å². The lowest BCUT2D eigenvalue weighted by Gasteiger charge is -2.28. The van der Waals surface area contributed by atoms with E-state index in [1.54, 1.807) is 13.2 Å². The van der Waals surface area contributed by atoms with Gasteiger partial charge in [0.25, 0.3) is 0 Å². The van der Waals surface area contributed by atoms with Crippen LogP contribution in [0.5, 0.6) is 0 Å². The Morgan fingerprint density at radius 3 is 2.86 bits per heavy atom. The molecular formula is C17H21NO3. The Kier molecular flexibility index (Phi) is 5.17. The van der Waals surface area contributed by atoms with Gasteiger partial charge in [-0.15, -0.1) is 0 Å². The fourth-order valence-corrected chi connectivity index (χ4v) is 2.47. The second kappa shape index (κ2) is 7.09. The fraction of sp³-hybridized carbons (Fsp3) is 0.353. The van der Waals surface area contributed by atoms with Crippen LogP contribution >= 0.6 is 0 Å². The maximum absolute atomic E-state index is 10.6. The number of methoxy groups -OCH3 is 1. The molecule has 4 nitrogen and oxygen atoms in total. The summed E-state index contributed by atoms with van der Waals surface area (Å²) in [7, 11) is 1.72. The van der Waals surface area contributed by atoms with E-state index in [1.807, 2.05) is 19.1 Å². The van der Waals surface area contributed by atoms with Crippen molar-refractivity contribution in [2.45, 2.75) is 13.3 Å². The zero-order valence-corrected chi connectivity index (χ0v) is 12.5. The number of hydrogen-bond donors (Lipinski definition) is 1. The van der Waals surface area contributed by atoms with E-state index < -0.39 is 5.97 Å². The average Bonchev–Trinajstić information content (AvgIpc) is 2.47. The van der Waals surface area contributed by atoms with E-state index in [0.717, 1.165) is 30.6 Å². The van der Waals surface area contributed by atoms with E-state index in [2.05, 4.69) is 17.0 Å². The monoisotopic (exact) mass is 287 g/mol. The Morgan fingerprint density at radius 2 is 2.29 bits per heavy atom. The quantitative estimate of drug-likeness (QED) is 0.668. The number of hydrogen-bond acceptors (Lipinski definition) is 3. The van der Waals surface area contributed by atoms with Crippen molar-refractivity contribution < 1.29 is 14.6 Å². The molecule has 0 fully saturated rings. The van der Waals surface area contributed by atoms with E-state index in [0.29, 0.717) is 6.61 Å². The summed E-state index contributed by atoms with van der Waals surface area (Å²) in [5.74, 6) is -0.926. The van der Waals surface area contributed by atoms with Gasteiger partial charge < -0.3 is 14.7 Å². The van der Waals surface area contributed by atoms with E-state index in [1.165, 1.54) is 17.3 Å². The molecule has 21 heavy (non-hydrogen) atoms. The highest BCUT2D eigenvalue weighted by Crippen LogP contribution is 2.23. The third-order valence-electron chi connectivity index (χ3n) is 3.66. The molecule has 0 spiro atoms. The molecule has 0 radical (unpaired) electrons. The summed E-state index contributed by atoms with van der Waals surface area (Å²) in [4.78, 5) is 12.9. The predicted molar refractivity (Wildman–Crippen MR) is 84.6 cm³/mol. The Hall–Kier alpha value is -2.07. The van der Waals surface area contributed by atoms with E-state index in [4.69, 9.17) is 9.84 Å². The molecule has 0 bridgehead atoms. The summed E-state index contributed by atoms with van der Waals surface area (Å²) in [6.45, 7) is 4.59. The van der Waals surface area contributed by atoms with Gasteiger partial charge in [-0.1, -0.05) is 12.1 Å². The van der Waals surface area contributed by atoms with Crippen molar-refractivity contribution in [3.63, 3.8) is 0 Å². The highest BCUT2D eigenvalue weighted by atomic mass is 16.5. The number of carboxylic acids is 1. The number of carboxylic acid groups (broad SMARTS) is 1. The van der Waals surface area contributed by atoms with E-state index in [-0.39, 0.29) is 0 Å². The number of nitrogens with zero attached hydrogens (tertiary/aromatic N) is 1. The molecule has 112 valence electrons. The van der Waals surface area contributed by atoms with Crippen LogP contribution in [0.25, 0.3) is 6.08 Å². The molecule has 0 saturated heterocycles. The Labute approximate surface area is 125 Å². The number of rotatable bonds is 5. The number of benzene rings is 1. The Balaban J connectivity index is 2.09. The van der Waals surface area contributed by atoms with Crippen LogP contribution in [-0.2, 0) is 9.53 Å². The molecule has 1 aromatic carbocycles. The van der Waals surface area contributed by atoms with Crippen LogP contribution in [-0.4, -0.2) is 37.9 Å². The van der Waals surface area contributed by atoms with Gasteiger partial charge in [0, 0.05) is 32.0 Å². The van der Waals surface area contributed by atoms with Crippen molar-refractivity contribution in [3.05, 3.63) is 47.1 Å². The fourth-order valence-electron chi connectivity index (χ4n) is 2.47. The van der Waals surface area contributed by atoms with Gasteiger partial charge in [0.05, 0.1) is 6.61 Å². The van der Waals surface area contributed by atoms with Crippen LogP contribution in [0.15, 0.2) is 35.9 Å². The second-order valence-corrected chi connectivity index (χ2v) is 5.20. The first-order chi connectivity index (χ1) is 10.1. The summed E-state index contributed by atoms with van der Waals surface area (Å²) < 4.78 is 5.16. The number of anilines is 1. The summed E-state index contributed by atoms with van der Waals surface area (Å²) in [6, 6.07) is 6.12. The van der Waals surface area contributed by atoms with Crippen molar-refractivity contribution in [1.82, 2.24) is 0 Å². The van der Waals surface area contributed by atoms with Crippen LogP contribution in [0, 0.1) is 6.92 Å². The van der Waals surface area contributed by atoms with Crippen LogP contribution in [0.2, 0.25) is 0 Å². The third kappa shape index (κ3) is 4.20. The van der Waals surface area contributed by atoms with Gasteiger partial charge in [-0.25, -0.2) is 4.79 Å². The highest BCUT2D eigenvalue weighted by Gasteiger charge is 2.12. The number of carbonyl (C=O) groups is 1. The molecule has 1 aromatic rings. The van der Waals surface area contributed by atoms with E-state index >= 15 is 0 Å². The van der Waals surface area contributed by atoms with Crippen molar-refractivity contribution in [2.75, 3.05) is 31.7 Å². The zero-order chi connectivity index (χ0) is 15.2. The molecule has 0 aliphatic carbocycles. The molecule has 1 aliphatic rings. The molecule has 1 N–H and O–H groups in total. The van der Waals surface area contributed by atoms with Gasteiger partial charge in [-0.3, -0.25) is 0 Å². The minimum absolute atomic E-state index is 0.714. The summed E-state index contributed by atoms with van der Waals surface area (Å²) in [5, 5.41) is 8.68. The minimum atomic E-state index is -0.926. The lowest BCUT2D eigenvalue weighted by atomic mass is 10.0. The number of ether oxygens (including phenoxy) is 1. The lowest BCUT2D eigenvalue weighted by molar-refractivity contribution is -0.131. The van der Waals surface area contributed by atoms with Crippen molar-refractivity contribution in [1.29, 1.82) is 0 Å². The molecule has 0 amide bonds. The van der Waals surface area contributed by atoms with Crippen LogP contribution in [0.1, 0.15) is 17.5 Å². The average molecular weight is 287 g/mol. The summed E-state index contributed by atoms with van der Waals surface area (Å²) >= 11 is 0. The zero-order valence-electron chi connectivity index (χ0n) is 12.5. The minimum Gasteiger partial charge on any atom is -0.478 e. The van der Waals surface area contributed by atoms with Gasteiger partial charge >= 0.3 is 5.97 Å². The van der Waals surface area contributed by atoms with Gasteiger partial charge in [-0.2, -0.15) is 0 Å². The highest BCUT2D eigenvalue weighted by molar-refractivity contribution is 5.85. The summed E-state index contributed by atoms with van der Waals surface area (Å²) in [6.07, 6.45) is 6.05. The maximum Gasteiger partial charge on any atom is 0.328 e. The predicted octanol–water partition coefficient (Wildman–Crippen LogP) is 2.88. The van der Waals surface area contributed by atoms with Crippen molar-refractivity contribution >= 4 is 17.7 Å². The molecule has 0 atom stereocenters. The topological polar surface area (TPSA) is 49.8 Å². The van der Waals surface area contributed by atoms with Crippen LogP contribution in [0.4, 0.5) is 5.69 Å². The Bertz CT molecular complexity index is 575. The first-order valence-electron chi connectivity index (χ1n) is 7.03. The van der Waals surface area contributed by atoms with Crippen molar-refractivity contribution in [2.24, 2.45) is 0 Å². The van der Waals surface area contributed by atoms with Gasteiger partial charge in [0.15, 0.2) is 0 Å². The standard InChI is InChI=1S/C17H21NO3/c1-13-11-16(5-3-15(13)4-6-17(19)20)18-9-7-14(8-10-18)12-21-2/h3-7,11H,8-10,12H2,1-2H3,(H,19,20)/b6-4+. The normalized spacial score (nSPS) is 15.3. The molecular weight excluding hydrogens is 266 g/mol. The summed E-state index contributed by atoms with van der Waals surface area (Å²) in [5.41, 5.74) is 4.55. The van der Waals surface area contributed by atoms with Gasteiger partial charge in [0.2, 0.25) is 0 Å². The molecule has 0 saturated carbocycles. The Morgan fingerprint density at radius 1 is 1.48 bits per heavy atom. The van der Waals surface area contributed by atoms with Crippen molar-refractivity contribution in [3.8, 4) is 0 Å².